The van der Waals surface area contributed by atoms with Crippen LogP contribution in [-0.2, 0) is 6.42 Å². The molecule has 1 N–H and O–H groups in total. The van der Waals surface area contributed by atoms with Crippen molar-refractivity contribution in [1.29, 1.82) is 0 Å². The number of benzene rings is 2. The number of nitrogens with one attached hydrogen (secondary N) is 1. The summed E-state index contributed by atoms with van der Waals surface area (Å²) in [5.41, 5.74) is 3.21. The fourth-order valence-electron chi connectivity index (χ4n) is 3.43. The summed E-state index contributed by atoms with van der Waals surface area (Å²) in [4.78, 5) is 17.0. The second-order valence-electron chi connectivity index (χ2n) is 6.99. The van der Waals surface area contributed by atoms with Gasteiger partial charge in [-0.1, -0.05) is 29.8 Å². The average molecular weight is 372 g/mol. The van der Waals surface area contributed by atoms with E-state index in [1.165, 1.54) is 17.7 Å². The lowest BCUT2D eigenvalue weighted by molar-refractivity contribution is 0.0954. The third-order valence-electron chi connectivity index (χ3n) is 5.01. The van der Waals surface area contributed by atoms with E-state index in [4.69, 9.17) is 11.6 Å². The van der Waals surface area contributed by atoms with Crippen LogP contribution >= 0.6 is 11.6 Å². The zero-order chi connectivity index (χ0) is 18.5. The van der Waals surface area contributed by atoms with Crippen LogP contribution in [0.5, 0.6) is 0 Å². The first-order chi connectivity index (χ1) is 12.5. The third-order valence-corrected chi connectivity index (χ3v) is 5.26. The van der Waals surface area contributed by atoms with Crippen molar-refractivity contribution in [2.24, 2.45) is 0 Å². The van der Waals surface area contributed by atoms with Gasteiger partial charge in [0, 0.05) is 41.9 Å². The van der Waals surface area contributed by atoms with Crippen molar-refractivity contribution in [3.63, 3.8) is 0 Å². The lowest BCUT2D eigenvalue weighted by Crippen LogP contribution is -2.32. The van der Waals surface area contributed by atoms with Crippen molar-refractivity contribution in [3.8, 4) is 0 Å². The van der Waals surface area contributed by atoms with Gasteiger partial charge >= 0.3 is 0 Å². The van der Waals surface area contributed by atoms with Gasteiger partial charge in [0.05, 0.1) is 0 Å². The highest BCUT2D eigenvalue weighted by Crippen LogP contribution is 2.26. The van der Waals surface area contributed by atoms with Crippen molar-refractivity contribution in [2.45, 2.75) is 18.9 Å². The molecule has 1 amide bonds. The van der Waals surface area contributed by atoms with Gasteiger partial charge < -0.3 is 15.1 Å². The number of carbonyl (C=O) groups excluding carboxylic acids is 1. The van der Waals surface area contributed by atoms with E-state index in [0.717, 1.165) is 19.5 Å². The molecular formula is C21H26ClN3O. The first-order valence-corrected chi connectivity index (χ1v) is 9.45. The van der Waals surface area contributed by atoms with Gasteiger partial charge in [-0.2, -0.15) is 0 Å². The second-order valence-corrected chi connectivity index (χ2v) is 7.43. The third kappa shape index (κ3) is 4.57. The summed E-state index contributed by atoms with van der Waals surface area (Å²) < 4.78 is 0. The number of halogens is 1. The highest BCUT2D eigenvalue weighted by atomic mass is 35.5. The molecule has 138 valence electrons. The van der Waals surface area contributed by atoms with E-state index < -0.39 is 0 Å². The van der Waals surface area contributed by atoms with Gasteiger partial charge in [0.15, 0.2) is 0 Å². The number of likely N-dealkylation sites (N-methyl/N-ethyl adjacent to an activating group) is 1. The molecule has 2 aromatic carbocycles. The Morgan fingerprint density at radius 2 is 1.92 bits per heavy atom. The van der Waals surface area contributed by atoms with E-state index in [0.29, 0.717) is 23.2 Å². The molecule has 0 bridgehead atoms. The number of hydrogen-bond donors (Lipinski definition) is 1. The minimum Gasteiger partial charge on any atom is -0.370 e. The van der Waals surface area contributed by atoms with Gasteiger partial charge in [0.2, 0.25) is 0 Å². The van der Waals surface area contributed by atoms with Crippen molar-refractivity contribution in [3.05, 3.63) is 64.7 Å². The molecule has 1 atom stereocenters. The summed E-state index contributed by atoms with van der Waals surface area (Å²) in [6, 6.07) is 16.1. The summed E-state index contributed by atoms with van der Waals surface area (Å²) in [6.07, 6.45) is 2.01. The number of hydrogen-bond acceptors (Lipinski definition) is 3. The fraction of sp³-hybridized carbons (Fsp3) is 0.381. The minimum absolute atomic E-state index is 0.0620. The Labute approximate surface area is 160 Å². The number of amides is 1. The molecule has 3 rings (SSSR count). The zero-order valence-corrected chi connectivity index (χ0v) is 16.2. The average Bonchev–Trinajstić information content (AvgIpc) is 3.13. The van der Waals surface area contributed by atoms with E-state index in [1.54, 1.807) is 24.3 Å². The number of rotatable bonds is 6. The van der Waals surface area contributed by atoms with Crippen molar-refractivity contribution in [2.75, 3.05) is 38.6 Å². The Bertz CT molecular complexity index is 745. The smallest absolute Gasteiger partial charge is 0.251 e. The lowest BCUT2D eigenvalue weighted by Gasteiger charge is -2.24. The maximum atomic E-state index is 12.2. The number of nitrogens with zero attached hydrogens (tertiary/aromatic N) is 2. The molecule has 0 saturated carbocycles. The van der Waals surface area contributed by atoms with Gasteiger partial charge in [-0.25, -0.2) is 0 Å². The maximum absolute atomic E-state index is 12.2. The molecule has 4 nitrogen and oxygen atoms in total. The van der Waals surface area contributed by atoms with Crippen LogP contribution in [0, 0.1) is 0 Å². The van der Waals surface area contributed by atoms with Crippen LogP contribution in [-0.4, -0.2) is 50.6 Å². The first-order valence-electron chi connectivity index (χ1n) is 9.07. The van der Waals surface area contributed by atoms with Gasteiger partial charge in [-0.05, 0) is 62.8 Å². The molecule has 1 aliphatic heterocycles. The maximum Gasteiger partial charge on any atom is 0.251 e. The summed E-state index contributed by atoms with van der Waals surface area (Å²) >= 11 is 5.87. The zero-order valence-electron chi connectivity index (χ0n) is 15.4. The van der Waals surface area contributed by atoms with Crippen LogP contribution in [0.4, 0.5) is 5.69 Å². The van der Waals surface area contributed by atoms with Crippen LogP contribution in [0.1, 0.15) is 22.3 Å². The molecule has 1 saturated heterocycles. The first kappa shape index (κ1) is 18.7. The summed E-state index contributed by atoms with van der Waals surface area (Å²) in [6.45, 7) is 2.75. The van der Waals surface area contributed by atoms with E-state index in [9.17, 15) is 4.79 Å². The summed E-state index contributed by atoms with van der Waals surface area (Å²) in [7, 11) is 4.29. The lowest BCUT2D eigenvalue weighted by atomic mass is 10.1. The van der Waals surface area contributed by atoms with Gasteiger partial charge in [-0.15, -0.1) is 0 Å². The molecule has 1 fully saturated rings. The molecule has 1 aliphatic rings. The standard InChI is InChI=1S/C21H26ClN3O/c1-24(2)19-12-14-25(15-19)20-6-4-3-5-16(20)11-13-23-21(26)17-7-9-18(22)10-8-17/h3-10,19H,11-15H2,1-2H3,(H,23,26). The molecule has 1 unspecified atom stereocenters. The van der Waals surface area contributed by atoms with Crippen LogP contribution in [0.3, 0.4) is 0 Å². The van der Waals surface area contributed by atoms with E-state index >= 15 is 0 Å². The monoisotopic (exact) mass is 371 g/mol. The van der Waals surface area contributed by atoms with E-state index in [-0.39, 0.29) is 5.91 Å². The molecule has 0 aromatic heterocycles. The highest BCUT2D eigenvalue weighted by molar-refractivity contribution is 6.30. The molecule has 0 radical (unpaired) electrons. The quantitative estimate of drug-likeness (QED) is 0.844. The number of carbonyl (C=O) groups is 1. The van der Waals surface area contributed by atoms with E-state index in [2.05, 4.69) is 53.5 Å². The highest BCUT2D eigenvalue weighted by Gasteiger charge is 2.25. The van der Waals surface area contributed by atoms with Crippen molar-refractivity contribution < 1.29 is 4.79 Å². The minimum atomic E-state index is -0.0620. The topological polar surface area (TPSA) is 35.6 Å². The Morgan fingerprint density at radius 3 is 2.62 bits per heavy atom. The van der Waals surface area contributed by atoms with Crippen LogP contribution in [0.2, 0.25) is 5.02 Å². The SMILES string of the molecule is CN(C)C1CCN(c2ccccc2CCNC(=O)c2ccc(Cl)cc2)C1. The molecule has 26 heavy (non-hydrogen) atoms. The predicted octanol–water partition coefficient (Wildman–Crippen LogP) is 3.45. The molecule has 1 heterocycles. The molecule has 2 aromatic rings. The Morgan fingerprint density at radius 1 is 1.19 bits per heavy atom. The summed E-state index contributed by atoms with van der Waals surface area (Å²) in [5, 5.41) is 3.64. The number of anilines is 1. The molecule has 0 spiro atoms. The molecule has 0 aliphatic carbocycles. The van der Waals surface area contributed by atoms with Crippen LogP contribution in [0.15, 0.2) is 48.5 Å². The predicted molar refractivity (Wildman–Crippen MR) is 108 cm³/mol. The Hall–Kier alpha value is -2.04. The van der Waals surface area contributed by atoms with E-state index in [1.807, 2.05) is 0 Å². The fourth-order valence-corrected chi connectivity index (χ4v) is 3.55. The van der Waals surface area contributed by atoms with Crippen LogP contribution in [0.25, 0.3) is 0 Å². The Kier molecular flexibility index (Phi) is 6.17. The van der Waals surface area contributed by atoms with Crippen molar-refractivity contribution >= 4 is 23.2 Å². The molecular weight excluding hydrogens is 346 g/mol. The van der Waals surface area contributed by atoms with Gasteiger partial charge in [0.1, 0.15) is 0 Å². The largest absolute Gasteiger partial charge is 0.370 e. The second kappa shape index (κ2) is 8.56. The van der Waals surface area contributed by atoms with Gasteiger partial charge in [-0.3, -0.25) is 4.79 Å². The summed E-state index contributed by atoms with van der Waals surface area (Å²) in [5.74, 6) is -0.0620. The van der Waals surface area contributed by atoms with Crippen molar-refractivity contribution in [1.82, 2.24) is 10.2 Å². The number of para-hydroxylation sites is 1. The normalized spacial score (nSPS) is 16.9. The van der Waals surface area contributed by atoms with Crippen LogP contribution < -0.4 is 10.2 Å². The van der Waals surface area contributed by atoms with Gasteiger partial charge in [0.25, 0.3) is 5.91 Å². The molecule has 5 heteroatoms. The Balaban J connectivity index is 1.59.